The minimum Gasteiger partial charge on any atom is -0.207 e. The first-order chi connectivity index (χ1) is 6.40. The topological polar surface area (TPSA) is 0 Å². The summed E-state index contributed by atoms with van der Waals surface area (Å²) in [6.07, 6.45) is 5.12. The van der Waals surface area contributed by atoms with Crippen molar-refractivity contribution >= 4 is 0 Å². The Morgan fingerprint density at radius 3 is 2.14 bits per heavy atom. The van der Waals surface area contributed by atoms with Crippen molar-refractivity contribution < 1.29 is 13.2 Å². The third kappa shape index (κ3) is 1.60. The minimum absolute atomic E-state index is 0.403. The van der Waals surface area contributed by atoms with E-state index < -0.39 is 28.4 Å². The van der Waals surface area contributed by atoms with Gasteiger partial charge in [0, 0.05) is 5.56 Å². The highest BCUT2D eigenvalue weighted by Gasteiger charge is 2.27. The number of rotatable bonds is 1. The van der Waals surface area contributed by atoms with E-state index in [0.29, 0.717) is 0 Å². The molecule has 0 fully saturated rings. The lowest BCUT2D eigenvalue weighted by Crippen LogP contribution is -2.19. The molecule has 0 radical (unpaired) electrons. The van der Waals surface area contributed by atoms with Crippen molar-refractivity contribution in [3.05, 3.63) is 35.1 Å². The molecule has 0 aliphatic carbocycles. The van der Waals surface area contributed by atoms with E-state index >= 15 is 0 Å². The molecule has 0 saturated carbocycles. The van der Waals surface area contributed by atoms with Crippen LogP contribution in [0.4, 0.5) is 13.2 Å². The third-order valence-corrected chi connectivity index (χ3v) is 2.03. The van der Waals surface area contributed by atoms with Crippen molar-refractivity contribution in [2.24, 2.45) is 0 Å². The summed E-state index contributed by atoms with van der Waals surface area (Å²) in [6.45, 7) is 2.90. The Bertz CT molecular complexity index is 400. The molecule has 74 valence electrons. The molecule has 1 aromatic carbocycles. The van der Waals surface area contributed by atoms with Gasteiger partial charge in [-0.1, -0.05) is 5.92 Å². The quantitative estimate of drug-likeness (QED) is 0.480. The van der Waals surface area contributed by atoms with Crippen LogP contribution >= 0.6 is 0 Å². The van der Waals surface area contributed by atoms with Crippen LogP contribution in [0.3, 0.4) is 0 Å². The zero-order valence-corrected chi connectivity index (χ0v) is 7.87. The number of benzene rings is 1. The average molecular weight is 198 g/mol. The number of terminal acetylenes is 1. The van der Waals surface area contributed by atoms with Gasteiger partial charge < -0.3 is 0 Å². The summed E-state index contributed by atoms with van der Waals surface area (Å²) in [6, 6.07) is 1.60. The molecule has 0 nitrogen and oxygen atoms in total. The summed E-state index contributed by atoms with van der Waals surface area (Å²) in [5.41, 5.74) is -1.56. The van der Waals surface area contributed by atoms with Crippen LogP contribution in [0.15, 0.2) is 12.1 Å². The molecule has 0 saturated heterocycles. The molecule has 3 heteroatoms. The molecule has 0 aliphatic heterocycles. The SMILES string of the molecule is C#CC(C)(C)c1c(F)ccc(F)c1F. The molecule has 0 amide bonds. The molecule has 0 N–H and O–H groups in total. The highest BCUT2D eigenvalue weighted by molar-refractivity contribution is 5.34. The van der Waals surface area contributed by atoms with E-state index in [-0.39, 0.29) is 0 Å². The van der Waals surface area contributed by atoms with E-state index in [1.807, 2.05) is 0 Å². The summed E-state index contributed by atoms with van der Waals surface area (Å²) in [7, 11) is 0. The van der Waals surface area contributed by atoms with E-state index in [4.69, 9.17) is 6.42 Å². The Morgan fingerprint density at radius 1 is 1.14 bits per heavy atom. The largest absolute Gasteiger partial charge is 0.207 e. The third-order valence-electron chi connectivity index (χ3n) is 2.03. The first kappa shape index (κ1) is 10.6. The standard InChI is InChI=1S/C11H9F3/c1-4-11(2,3)9-7(12)5-6-8(13)10(9)14/h1,5-6H,2-3H3. The fourth-order valence-corrected chi connectivity index (χ4v) is 1.17. The molecule has 0 aromatic heterocycles. The molecular formula is C11H9F3. The first-order valence-corrected chi connectivity index (χ1v) is 4.02. The molecule has 1 rings (SSSR count). The predicted octanol–water partition coefficient (Wildman–Crippen LogP) is 3.01. The Labute approximate surface area is 80.8 Å². The van der Waals surface area contributed by atoms with Crippen LogP contribution in [0.2, 0.25) is 0 Å². The Kier molecular flexibility index (Phi) is 2.57. The van der Waals surface area contributed by atoms with Gasteiger partial charge in [0.2, 0.25) is 0 Å². The fraction of sp³-hybridized carbons (Fsp3) is 0.273. The highest BCUT2D eigenvalue weighted by Crippen LogP contribution is 2.28. The normalized spacial score (nSPS) is 11.1. The van der Waals surface area contributed by atoms with Crippen molar-refractivity contribution in [1.29, 1.82) is 0 Å². The van der Waals surface area contributed by atoms with Crippen molar-refractivity contribution in [2.45, 2.75) is 19.3 Å². The van der Waals surface area contributed by atoms with Crippen LogP contribution in [0, 0.1) is 29.8 Å². The second-order valence-corrected chi connectivity index (χ2v) is 3.49. The summed E-state index contributed by atoms with van der Waals surface area (Å²) >= 11 is 0. The summed E-state index contributed by atoms with van der Waals surface area (Å²) in [4.78, 5) is 0. The van der Waals surface area contributed by atoms with Gasteiger partial charge in [-0.25, -0.2) is 13.2 Å². The predicted molar refractivity (Wildman–Crippen MR) is 48.2 cm³/mol. The van der Waals surface area contributed by atoms with E-state index in [0.717, 1.165) is 12.1 Å². The lowest BCUT2D eigenvalue weighted by molar-refractivity contribution is 0.456. The maximum Gasteiger partial charge on any atom is 0.166 e. The second kappa shape index (κ2) is 3.38. The van der Waals surface area contributed by atoms with Crippen molar-refractivity contribution in [1.82, 2.24) is 0 Å². The summed E-state index contributed by atoms with van der Waals surface area (Å²) in [5.74, 6) is -0.915. The number of hydrogen-bond acceptors (Lipinski definition) is 0. The number of halogens is 3. The lowest BCUT2D eigenvalue weighted by atomic mass is 9.85. The Morgan fingerprint density at radius 2 is 1.64 bits per heavy atom. The van der Waals surface area contributed by atoms with Crippen molar-refractivity contribution in [3.8, 4) is 12.3 Å². The lowest BCUT2D eigenvalue weighted by Gasteiger charge is -2.19. The highest BCUT2D eigenvalue weighted by atomic mass is 19.2. The van der Waals surface area contributed by atoms with Crippen LogP contribution in [-0.4, -0.2) is 0 Å². The fourth-order valence-electron chi connectivity index (χ4n) is 1.17. The van der Waals surface area contributed by atoms with Crippen LogP contribution < -0.4 is 0 Å². The minimum atomic E-state index is -1.21. The van der Waals surface area contributed by atoms with Gasteiger partial charge in [0.05, 0.1) is 5.41 Å². The monoisotopic (exact) mass is 198 g/mol. The van der Waals surface area contributed by atoms with Crippen LogP contribution in [-0.2, 0) is 5.41 Å². The van der Waals surface area contributed by atoms with E-state index in [2.05, 4.69) is 5.92 Å². The van der Waals surface area contributed by atoms with Crippen molar-refractivity contribution in [3.63, 3.8) is 0 Å². The van der Waals surface area contributed by atoms with E-state index in [1.54, 1.807) is 0 Å². The first-order valence-electron chi connectivity index (χ1n) is 4.02. The Balaban J connectivity index is 3.49. The summed E-state index contributed by atoms with van der Waals surface area (Å²) in [5, 5.41) is 0. The average Bonchev–Trinajstić information content (AvgIpc) is 2.12. The van der Waals surface area contributed by atoms with Crippen LogP contribution in [0.5, 0.6) is 0 Å². The van der Waals surface area contributed by atoms with Gasteiger partial charge in [0.25, 0.3) is 0 Å². The molecular weight excluding hydrogens is 189 g/mol. The van der Waals surface area contributed by atoms with Crippen LogP contribution in [0.1, 0.15) is 19.4 Å². The van der Waals surface area contributed by atoms with Crippen LogP contribution in [0.25, 0.3) is 0 Å². The second-order valence-electron chi connectivity index (χ2n) is 3.49. The molecule has 14 heavy (non-hydrogen) atoms. The van der Waals surface area contributed by atoms with Crippen molar-refractivity contribution in [2.75, 3.05) is 0 Å². The zero-order valence-electron chi connectivity index (χ0n) is 7.87. The van der Waals surface area contributed by atoms with Gasteiger partial charge in [0.15, 0.2) is 11.6 Å². The maximum atomic E-state index is 13.2. The molecule has 0 spiro atoms. The van der Waals surface area contributed by atoms with Gasteiger partial charge in [-0.3, -0.25) is 0 Å². The molecule has 0 atom stereocenters. The summed E-state index contributed by atoms with van der Waals surface area (Å²) < 4.78 is 39.3. The maximum absolute atomic E-state index is 13.2. The molecule has 0 unspecified atom stereocenters. The van der Waals surface area contributed by atoms with Gasteiger partial charge >= 0.3 is 0 Å². The molecule has 1 aromatic rings. The smallest absolute Gasteiger partial charge is 0.166 e. The van der Waals surface area contributed by atoms with E-state index in [9.17, 15) is 13.2 Å². The number of hydrogen-bond donors (Lipinski definition) is 0. The van der Waals surface area contributed by atoms with Gasteiger partial charge in [-0.2, -0.15) is 0 Å². The van der Waals surface area contributed by atoms with Gasteiger partial charge in [-0.15, -0.1) is 6.42 Å². The molecule has 0 heterocycles. The van der Waals surface area contributed by atoms with Gasteiger partial charge in [-0.05, 0) is 26.0 Å². The molecule has 0 bridgehead atoms. The molecule has 0 aliphatic rings. The zero-order chi connectivity index (χ0) is 10.9. The Hall–Kier alpha value is -1.43. The van der Waals surface area contributed by atoms with E-state index in [1.165, 1.54) is 13.8 Å². The van der Waals surface area contributed by atoms with Gasteiger partial charge in [0.1, 0.15) is 5.82 Å².